The van der Waals surface area contributed by atoms with Crippen LogP contribution in [0.15, 0.2) is 53.4 Å². The third-order valence-electron chi connectivity index (χ3n) is 4.99. The van der Waals surface area contributed by atoms with Gasteiger partial charge >= 0.3 is 5.97 Å². The molecule has 0 saturated carbocycles. The Morgan fingerprint density at radius 3 is 2.25 bits per heavy atom. The maximum atomic E-state index is 13.2. The Morgan fingerprint density at radius 2 is 1.58 bits per heavy atom. The third-order valence-corrected chi connectivity index (χ3v) is 7.36. The molecule has 36 heavy (non-hydrogen) atoms. The van der Waals surface area contributed by atoms with E-state index in [-0.39, 0.29) is 37.5 Å². The molecule has 190 valence electrons. The lowest BCUT2D eigenvalue weighted by Crippen LogP contribution is -2.17. The van der Waals surface area contributed by atoms with Crippen LogP contribution in [0.2, 0.25) is 15.1 Å². The van der Waals surface area contributed by atoms with Crippen molar-refractivity contribution in [1.29, 1.82) is 0 Å². The van der Waals surface area contributed by atoms with Crippen LogP contribution in [0, 0.1) is 6.92 Å². The van der Waals surface area contributed by atoms with Gasteiger partial charge in [-0.05, 0) is 48.9 Å². The fraction of sp³-hybridized carbons (Fsp3) is 0.167. The zero-order valence-corrected chi connectivity index (χ0v) is 22.3. The smallest absolute Gasteiger partial charge is 0.338 e. The normalized spacial score (nSPS) is 11.1. The first kappa shape index (κ1) is 27.6. The summed E-state index contributed by atoms with van der Waals surface area (Å²) in [5, 5.41) is 0.614. The Bertz CT molecular complexity index is 1440. The number of methoxy groups -OCH3 is 2. The van der Waals surface area contributed by atoms with E-state index in [4.69, 9.17) is 49.0 Å². The number of anilines is 1. The van der Waals surface area contributed by atoms with Crippen LogP contribution in [0.3, 0.4) is 0 Å². The molecule has 3 aromatic rings. The second-order valence-corrected chi connectivity index (χ2v) is 10.3. The number of carbonyl (C=O) groups is 2. The number of halogens is 3. The molecule has 0 atom stereocenters. The van der Waals surface area contributed by atoms with Crippen molar-refractivity contribution in [2.24, 2.45) is 0 Å². The summed E-state index contributed by atoms with van der Waals surface area (Å²) in [7, 11) is -1.42. The first-order chi connectivity index (χ1) is 17.0. The summed E-state index contributed by atoms with van der Waals surface area (Å²) in [5.41, 5.74) is 0.449. The minimum absolute atomic E-state index is 0.0691. The Morgan fingerprint density at radius 1 is 0.889 bits per heavy atom. The predicted octanol–water partition coefficient (Wildman–Crippen LogP) is 5.81. The second kappa shape index (κ2) is 11.4. The Balaban J connectivity index is 1.83. The highest BCUT2D eigenvalue weighted by Crippen LogP contribution is 2.37. The second-order valence-electron chi connectivity index (χ2n) is 7.40. The van der Waals surface area contributed by atoms with Crippen LogP contribution in [0.1, 0.15) is 26.3 Å². The molecule has 12 heteroatoms. The number of ketones is 1. The van der Waals surface area contributed by atoms with Crippen LogP contribution in [-0.2, 0) is 14.8 Å². The number of nitrogens with one attached hydrogen (secondary N) is 1. The molecule has 0 saturated heterocycles. The summed E-state index contributed by atoms with van der Waals surface area (Å²) in [6, 6.07) is 11.1. The molecule has 0 aliphatic heterocycles. The van der Waals surface area contributed by atoms with Gasteiger partial charge in [0.2, 0.25) is 5.78 Å². The van der Waals surface area contributed by atoms with Gasteiger partial charge in [-0.2, -0.15) is 0 Å². The highest BCUT2D eigenvalue weighted by atomic mass is 35.5. The highest BCUT2D eigenvalue weighted by Gasteiger charge is 2.23. The largest absolute Gasteiger partial charge is 0.495 e. The van der Waals surface area contributed by atoms with E-state index in [0.717, 1.165) is 6.07 Å². The predicted molar refractivity (Wildman–Crippen MR) is 138 cm³/mol. The molecular formula is C24H20Cl3NO7S. The average molecular weight is 573 g/mol. The van der Waals surface area contributed by atoms with E-state index < -0.39 is 28.4 Å². The number of hydrogen-bond donors (Lipinski definition) is 1. The van der Waals surface area contributed by atoms with Crippen molar-refractivity contribution in [3.63, 3.8) is 0 Å². The summed E-state index contributed by atoms with van der Waals surface area (Å²) in [4.78, 5) is 24.8. The Hall–Kier alpha value is -2.98. The van der Waals surface area contributed by atoms with Gasteiger partial charge in [-0.15, -0.1) is 0 Å². The van der Waals surface area contributed by atoms with Crippen LogP contribution >= 0.6 is 34.8 Å². The van der Waals surface area contributed by atoms with E-state index in [1.165, 1.54) is 56.7 Å². The maximum absolute atomic E-state index is 13.2. The van der Waals surface area contributed by atoms with Gasteiger partial charge < -0.3 is 14.2 Å². The number of rotatable bonds is 9. The van der Waals surface area contributed by atoms with Crippen LogP contribution in [0.5, 0.6) is 11.5 Å². The van der Waals surface area contributed by atoms with Crippen molar-refractivity contribution in [3.05, 3.63) is 80.3 Å². The van der Waals surface area contributed by atoms with Crippen molar-refractivity contribution in [3.8, 4) is 11.5 Å². The summed E-state index contributed by atoms with van der Waals surface area (Å²) in [6.45, 7) is 0.946. The minimum Gasteiger partial charge on any atom is -0.495 e. The van der Waals surface area contributed by atoms with Gasteiger partial charge in [0.1, 0.15) is 11.5 Å². The van der Waals surface area contributed by atoms with Crippen molar-refractivity contribution in [2.45, 2.75) is 11.8 Å². The van der Waals surface area contributed by atoms with Gasteiger partial charge in [0, 0.05) is 16.7 Å². The van der Waals surface area contributed by atoms with Gasteiger partial charge in [0.15, 0.2) is 6.61 Å². The number of benzene rings is 3. The number of esters is 1. The SMILES string of the molecule is COc1cc(OC)c(NS(=O)(=O)c2cc(C(=O)OCC(=O)c3cc(Cl)ccc3Cl)ccc2C)cc1Cl. The molecule has 0 unspecified atom stereocenters. The van der Waals surface area contributed by atoms with Crippen molar-refractivity contribution in [2.75, 3.05) is 25.5 Å². The topological polar surface area (TPSA) is 108 Å². The molecule has 0 bridgehead atoms. The molecule has 0 aliphatic carbocycles. The van der Waals surface area contributed by atoms with E-state index >= 15 is 0 Å². The molecule has 8 nitrogen and oxygen atoms in total. The van der Waals surface area contributed by atoms with E-state index in [1.54, 1.807) is 6.92 Å². The van der Waals surface area contributed by atoms with Crippen LogP contribution in [0.25, 0.3) is 0 Å². The molecule has 0 aliphatic rings. The fourth-order valence-electron chi connectivity index (χ4n) is 3.16. The first-order valence-corrected chi connectivity index (χ1v) is 12.8. The van der Waals surface area contributed by atoms with Crippen LogP contribution < -0.4 is 14.2 Å². The number of carbonyl (C=O) groups excluding carboxylic acids is 2. The van der Waals surface area contributed by atoms with Gasteiger partial charge in [-0.1, -0.05) is 40.9 Å². The zero-order chi connectivity index (χ0) is 26.6. The summed E-state index contributed by atoms with van der Waals surface area (Å²) in [5.74, 6) is -0.999. The number of Topliss-reactive ketones (excluding diaryl/α,β-unsaturated/α-hetero) is 1. The first-order valence-electron chi connectivity index (χ1n) is 10.2. The Kier molecular flexibility index (Phi) is 8.73. The molecular weight excluding hydrogens is 553 g/mol. The summed E-state index contributed by atoms with van der Waals surface area (Å²) >= 11 is 18.0. The number of ether oxygens (including phenoxy) is 3. The Labute approximate surface area is 223 Å². The summed E-state index contributed by atoms with van der Waals surface area (Å²) < 4.78 is 44.2. The molecule has 0 amide bonds. The molecule has 0 aromatic heterocycles. The molecule has 3 aromatic carbocycles. The third kappa shape index (κ3) is 6.22. The highest BCUT2D eigenvalue weighted by molar-refractivity contribution is 7.92. The average Bonchev–Trinajstić information content (AvgIpc) is 2.83. The van der Waals surface area contributed by atoms with Gasteiger partial charge in [0.25, 0.3) is 10.0 Å². The number of aryl methyl sites for hydroxylation is 1. The molecule has 0 radical (unpaired) electrons. The standard InChI is InChI=1S/C24H20Cl3NO7S/c1-13-4-5-14(24(30)35-12-20(29)16-9-15(25)6-7-17(16)26)8-23(13)36(31,32)28-19-10-18(27)21(33-2)11-22(19)34-3/h4-11,28H,12H2,1-3H3. The molecule has 0 fully saturated rings. The monoisotopic (exact) mass is 571 g/mol. The molecule has 1 N–H and O–H groups in total. The van der Waals surface area contributed by atoms with Crippen LogP contribution in [0.4, 0.5) is 5.69 Å². The quantitative estimate of drug-likeness (QED) is 0.254. The van der Waals surface area contributed by atoms with Gasteiger partial charge in [-0.25, -0.2) is 13.2 Å². The van der Waals surface area contributed by atoms with Crippen molar-refractivity contribution < 1.29 is 32.2 Å². The van der Waals surface area contributed by atoms with Crippen LogP contribution in [-0.4, -0.2) is 41.0 Å². The minimum atomic E-state index is -4.19. The zero-order valence-electron chi connectivity index (χ0n) is 19.2. The molecule has 3 rings (SSSR count). The van der Waals surface area contributed by atoms with E-state index in [9.17, 15) is 18.0 Å². The fourth-order valence-corrected chi connectivity index (χ4v) is 5.13. The maximum Gasteiger partial charge on any atom is 0.338 e. The van der Waals surface area contributed by atoms with E-state index in [2.05, 4.69) is 4.72 Å². The van der Waals surface area contributed by atoms with E-state index in [1.807, 2.05) is 0 Å². The lowest BCUT2D eigenvalue weighted by molar-refractivity contribution is 0.0474. The van der Waals surface area contributed by atoms with Gasteiger partial charge in [0.05, 0.1) is 40.4 Å². The number of sulfonamides is 1. The number of hydrogen-bond acceptors (Lipinski definition) is 7. The lowest BCUT2D eigenvalue weighted by atomic mass is 10.1. The van der Waals surface area contributed by atoms with Crippen molar-refractivity contribution in [1.82, 2.24) is 0 Å². The summed E-state index contributed by atoms with van der Waals surface area (Å²) in [6.07, 6.45) is 0. The van der Waals surface area contributed by atoms with Crippen molar-refractivity contribution >= 4 is 62.3 Å². The van der Waals surface area contributed by atoms with E-state index in [0.29, 0.717) is 16.3 Å². The molecule has 0 heterocycles. The lowest BCUT2D eigenvalue weighted by Gasteiger charge is -2.15. The molecule has 0 spiro atoms. The van der Waals surface area contributed by atoms with Gasteiger partial charge in [-0.3, -0.25) is 9.52 Å².